The number of anilines is 1. The Labute approximate surface area is 196 Å². The molecule has 0 aromatic heterocycles. The third-order valence-corrected chi connectivity index (χ3v) is 5.46. The molecule has 5 atom stereocenters. The summed E-state index contributed by atoms with van der Waals surface area (Å²) in [6, 6.07) is 6.21. The average Bonchev–Trinajstić information content (AvgIpc) is 3.25. The Balaban J connectivity index is 1.29. The first kappa shape index (κ1) is 24.4. The molecule has 12 nitrogen and oxygen atoms in total. The molecule has 3 aliphatic heterocycles. The first-order valence-electron chi connectivity index (χ1n) is 10.9. The second-order valence-corrected chi connectivity index (χ2v) is 9.15. The lowest BCUT2D eigenvalue weighted by Crippen LogP contribution is -2.60. The average molecular weight is 479 g/mol. The maximum absolute atomic E-state index is 12.9. The van der Waals surface area contributed by atoms with Crippen LogP contribution in [0.5, 0.6) is 5.75 Å². The van der Waals surface area contributed by atoms with Gasteiger partial charge in [-0.05, 0) is 39.8 Å². The molecule has 0 bridgehead atoms. The van der Waals surface area contributed by atoms with Crippen molar-refractivity contribution in [3.05, 3.63) is 24.3 Å². The molecule has 0 unspecified atom stereocenters. The predicted molar refractivity (Wildman–Crippen MR) is 115 cm³/mol. The maximum Gasteiger partial charge on any atom is 0.252 e. The Morgan fingerprint density at radius 3 is 2.21 bits per heavy atom. The number of amides is 3. The summed E-state index contributed by atoms with van der Waals surface area (Å²) < 4.78 is 29.3. The number of phenols is 1. The molecular formula is C22H29N3O9. The third-order valence-electron chi connectivity index (χ3n) is 5.46. The molecule has 0 spiro atoms. The third kappa shape index (κ3) is 5.31. The fourth-order valence-electron chi connectivity index (χ4n) is 4.11. The summed E-state index contributed by atoms with van der Waals surface area (Å²) >= 11 is 0. The topological polar surface area (TPSA) is 154 Å². The molecule has 0 aliphatic carbocycles. The summed E-state index contributed by atoms with van der Waals surface area (Å²) in [6.45, 7) is 6.19. The highest BCUT2D eigenvalue weighted by Crippen LogP contribution is 2.44. The molecule has 12 heteroatoms. The first-order valence-corrected chi connectivity index (χ1v) is 10.9. The minimum absolute atomic E-state index is 0.0937. The monoisotopic (exact) mass is 479 g/mol. The number of carbonyl (C=O) groups is 3. The second-order valence-electron chi connectivity index (χ2n) is 9.15. The van der Waals surface area contributed by atoms with Crippen molar-refractivity contribution in [2.75, 3.05) is 18.4 Å². The molecule has 3 amide bonds. The zero-order valence-electron chi connectivity index (χ0n) is 19.3. The van der Waals surface area contributed by atoms with E-state index in [9.17, 15) is 19.5 Å². The lowest BCUT2D eigenvalue weighted by molar-refractivity contribution is -0.231. The molecule has 186 valence electrons. The molecule has 3 heterocycles. The van der Waals surface area contributed by atoms with Crippen LogP contribution in [0, 0.1) is 0 Å². The fraction of sp³-hybridized carbons (Fsp3) is 0.591. The number of phenolic OH excluding ortho intramolecular Hbond substituents is 1. The largest absolute Gasteiger partial charge is 0.506 e. The number of rotatable bonds is 6. The van der Waals surface area contributed by atoms with Gasteiger partial charge >= 0.3 is 0 Å². The molecule has 1 aromatic rings. The van der Waals surface area contributed by atoms with Gasteiger partial charge in [0.25, 0.3) is 5.91 Å². The quantitative estimate of drug-likeness (QED) is 0.412. The van der Waals surface area contributed by atoms with E-state index in [4.69, 9.17) is 23.7 Å². The standard InChI is InChI=1S/C22H29N3O9/c1-21(2)31-15-16(32-21)18-20(34-22(3,4)33-18)30-17(15)19(29)24-9-13(27)23-10-14(28)25-11-7-5-6-8-12(11)26/h5-8,15-18,20,26H,9-10H2,1-4H3,(H,23,27)(H,24,29)(H,25,28)/t15-,16+,17+,18-,20-/m1/s1. The number of ether oxygens (including phenoxy) is 5. The Bertz CT molecular complexity index is 967. The van der Waals surface area contributed by atoms with Crippen molar-refractivity contribution >= 4 is 23.4 Å². The molecule has 3 saturated heterocycles. The van der Waals surface area contributed by atoms with E-state index in [0.717, 1.165) is 0 Å². The minimum atomic E-state index is -1.09. The Morgan fingerprint density at radius 2 is 1.47 bits per heavy atom. The maximum atomic E-state index is 12.9. The van der Waals surface area contributed by atoms with Crippen LogP contribution in [0.15, 0.2) is 24.3 Å². The van der Waals surface area contributed by atoms with Crippen LogP contribution in [0.1, 0.15) is 27.7 Å². The van der Waals surface area contributed by atoms with Crippen molar-refractivity contribution in [3.8, 4) is 5.75 Å². The number of hydrogen-bond donors (Lipinski definition) is 4. The van der Waals surface area contributed by atoms with Gasteiger partial charge in [0, 0.05) is 0 Å². The number of aromatic hydroxyl groups is 1. The van der Waals surface area contributed by atoms with Crippen LogP contribution >= 0.6 is 0 Å². The second kappa shape index (κ2) is 9.12. The van der Waals surface area contributed by atoms with E-state index >= 15 is 0 Å². The molecule has 3 fully saturated rings. The van der Waals surface area contributed by atoms with Gasteiger partial charge in [-0.25, -0.2) is 0 Å². The number of nitrogens with one attached hydrogen (secondary N) is 3. The van der Waals surface area contributed by atoms with Crippen molar-refractivity contribution in [1.29, 1.82) is 0 Å². The van der Waals surface area contributed by atoms with Gasteiger partial charge in [0.05, 0.1) is 18.8 Å². The van der Waals surface area contributed by atoms with E-state index in [2.05, 4.69) is 16.0 Å². The highest BCUT2D eigenvalue weighted by Gasteiger charge is 2.62. The summed E-state index contributed by atoms with van der Waals surface area (Å²) in [4.78, 5) is 37.0. The SMILES string of the molecule is CC1(C)O[C@H]2[C@@H](O1)[C@@H](C(=O)NCC(=O)NCC(=O)Nc1ccccc1O)O[C@@H]1OC(C)(C)O[C@@H]12. The lowest BCUT2D eigenvalue weighted by Gasteiger charge is -2.36. The predicted octanol–water partition coefficient (Wildman–Crippen LogP) is -0.0404. The fourth-order valence-corrected chi connectivity index (χ4v) is 4.11. The van der Waals surface area contributed by atoms with Gasteiger partial charge in [0.1, 0.15) is 24.1 Å². The number of fused-ring (bicyclic) bond motifs is 3. The van der Waals surface area contributed by atoms with E-state index in [-0.39, 0.29) is 24.5 Å². The van der Waals surface area contributed by atoms with Gasteiger partial charge in [-0.3, -0.25) is 14.4 Å². The lowest BCUT2D eigenvalue weighted by atomic mass is 9.98. The molecule has 0 radical (unpaired) electrons. The zero-order valence-corrected chi connectivity index (χ0v) is 19.3. The highest BCUT2D eigenvalue weighted by molar-refractivity contribution is 5.96. The van der Waals surface area contributed by atoms with Crippen LogP contribution in [0.3, 0.4) is 0 Å². The molecular weight excluding hydrogens is 450 g/mol. The van der Waals surface area contributed by atoms with Crippen molar-refractivity contribution in [2.45, 2.75) is 70.0 Å². The normalized spacial score (nSPS) is 30.6. The number of para-hydroxylation sites is 2. The van der Waals surface area contributed by atoms with Gasteiger partial charge in [-0.2, -0.15) is 0 Å². The van der Waals surface area contributed by atoms with E-state index in [0.29, 0.717) is 0 Å². The molecule has 4 N–H and O–H groups in total. The molecule has 1 aromatic carbocycles. The molecule has 3 aliphatic rings. The van der Waals surface area contributed by atoms with E-state index < -0.39 is 60.0 Å². The Morgan fingerprint density at radius 1 is 0.853 bits per heavy atom. The van der Waals surface area contributed by atoms with E-state index in [1.807, 2.05) is 0 Å². The van der Waals surface area contributed by atoms with Crippen LogP contribution in [-0.2, 0) is 38.1 Å². The number of carbonyl (C=O) groups excluding carboxylic acids is 3. The van der Waals surface area contributed by atoms with E-state index in [1.165, 1.54) is 12.1 Å². The highest BCUT2D eigenvalue weighted by atomic mass is 16.9. The molecule has 0 saturated carbocycles. The van der Waals surface area contributed by atoms with Gasteiger partial charge < -0.3 is 44.7 Å². The van der Waals surface area contributed by atoms with E-state index in [1.54, 1.807) is 39.8 Å². The molecule has 34 heavy (non-hydrogen) atoms. The van der Waals surface area contributed by atoms with Crippen LogP contribution in [-0.4, -0.2) is 78.2 Å². The summed E-state index contributed by atoms with van der Waals surface area (Å²) in [7, 11) is 0. The smallest absolute Gasteiger partial charge is 0.252 e. The Kier molecular flexibility index (Phi) is 6.53. The van der Waals surface area contributed by atoms with Gasteiger partial charge in [-0.15, -0.1) is 0 Å². The van der Waals surface area contributed by atoms with Crippen LogP contribution in [0.2, 0.25) is 0 Å². The van der Waals surface area contributed by atoms with Crippen molar-refractivity contribution in [1.82, 2.24) is 10.6 Å². The summed E-state index contributed by atoms with van der Waals surface area (Å²) in [5.74, 6) is -3.68. The Hall–Kier alpha value is -2.77. The van der Waals surface area contributed by atoms with Gasteiger partial charge in [-0.1, -0.05) is 12.1 Å². The van der Waals surface area contributed by atoms with Gasteiger partial charge in [0.15, 0.2) is 24.0 Å². The first-order chi connectivity index (χ1) is 15.9. The van der Waals surface area contributed by atoms with Crippen molar-refractivity contribution in [3.63, 3.8) is 0 Å². The zero-order chi connectivity index (χ0) is 24.7. The summed E-state index contributed by atoms with van der Waals surface area (Å²) in [5, 5.41) is 17.1. The van der Waals surface area contributed by atoms with Crippen LogP contribution < -0.4 is 16.0 Å². The van der Waals surface area contributed by atoms with Crippen molar-refractivity contribution in [2.24, 2.45) is 0 Å². The van der Waals surface area contributed by atoms with Crippen LogP contribution in [0.4, 0.5) is 5.69 Å². The van der Waals surface area contributed by atoms with Gasteiger partial charge in [0.2, 0.25) is 11.8 Å². The number of hydrogen-bond acceptors (Lipinski definition) is 9. The summed E-state index contributed by atoms with van der Waals surface area (Å²) in [6.07, 6.45) is -3.87. The molecule has 4 rings (SSSR count). The number of benzene rings is 1. The van der Waals surface area contributed by atoms with Crippen LogP contribution in [0.25, 0.3) is 0 Å². The summed E-state index contributed by atoms with van der Waals surface area (Å²) in [5.41, 5.74) is 0.223. The minimum Gasteiger partial charge on any atom is -0.506 e. The van der Waals surface area contributed by atoms with Crippen molar-refractivity contribution < 1.29 is 43.2 Å².